The van der Waals surface area contributed by atoms with Crippen LogP contribution in [0.15, 0.2) is 47.4 Å². The predicted molar refractivity (Wildman–Crippen MR) is 88.6 cm³/mol. The van der Waals surface area contributed by atoms with E-state index in [9.17, 15) is 9.59 Å². The molecule has 0 bridgehead atoms. The number of para-hydroxylation sites is 1. The average molecular weight is 312 g/mol. The number of nitrogens with zero attached hydrogens (tertiary/aromatic N) is 2. The van der Waals surface area contributed by atoms with Gasteiger partial charge in [-0.3, -0.25) is 9.36 Å². The molecule has 5 nitrogen and oxygen atoms in total. The zero-order valence-corrected chi connectivity index (χ0v) is 13.6. The predicted octanol–water partition coefficient (Wildman–Crippen LogP) is 2.70. The smallest absolute Gasteiger partial charge is 0.337 e. The third-order valence-corrected chi connectivity index (χ3v) is 3.81. The first kappa shape index (κ1) is 15.3. The molecule has 0 radical (unpaired) electrons. The number of pyridine rings is 1. The summed E-state index contributed by atoms with van der Waals surface area (Å²) in [7, 11) is 0. The number of rotatable bonds is 2. The van der Waals surface area contributed by atoms with E-state index in [1.54, 1.807) is 21.9 Å². The number of anilines is 1. The Morgan fingerprint density at radius 1 is 1.17 bits per heavy atom. The molecular weight excluding hydrogens is 292 g/mol. The van der Waals surface area contributed by atoms with Crippen LogP contribution in [0.5, 0.6) is 0 Å². The fourth-order valence-electron chi connectivity index (χ4n) is 2.45. The zero-order chi connectivity index (χ0) is 16.6. The van der Waals surface area contributed by atoms with Gasteiger partial charge in [0, 0.05) is 18.0 Å². The molecule has 0 fully saturated rings. The largest absolute Gasteiger partial charge is 0.340 e. The molecule has 0 atom stereocenters. The van der Waals surface area contributed by atoms with Gasteiger partial charge in [0.05, 0.1) is 17.6 Å². The van der Waals surface area contributed by atoms with Crippen molar-refractivity contribution in [3.8, 4) is 5.69 Å². The number of fused-ring (bicyclic) bond motifs is 1. The van der Waals surface area contributed by atoms with Gasteiger partial charge in [0.1, 0.15) is 0 Å². The molecule has 0 spiro atoms. The summed E-state index contributed by atoms with van der Waals surface area (Å²) in [6, 6.07) is 11.0. The van der Waals surface area contributed by atoms with Crippen LogP contribution in [0.25, 0.3) is 5.69 Å². The van der Waals surface area contributed by atoms with Crippen LogP contribution < -0.4 is 10.6 Å². The van der Waals surface area contributed by atoms with E-state index in [4.69, 9.17) is 4.84 Å². The summed E-state index contributed by atoms with van der Waals surface area (Å²) in [6.07, 6.45) is 2.44. The Labute approximate surface area is 135 Å². The first-order valence-corrected chi connectivity index (χ1v) is 7.67. The molecule has 0 saturated carbocycles. The molecule has 5 heteroatoms. The molecule has 0 aliphatic carbocycles. The minimum atomic E-state index is -0.573. The SMILES string of the molecule is CC(C)(C)C(=O)ON1CCc2cc(=O)n(-c3ccccc3)cc21. The monoisotopic (exact) mass is 312 g/mol. The minimum Gasteiger partial charge on any atom is -0.340 e. The third kappa shape index (κ3) is 2.99. The van der Waals surface area contributed by atoms with Crippen LogP contribution in [0.4, 0.5) is 5.69 Å². The van der Waals surface area contributed by atoms with E-state index in [0.29, 0.717) is 13.0 Å². The van der Waals surface area contributed by atoms with Gasteiger partial charge >= 0.3 is 5.97 Å². The lowest BCUT2D eigenvalue weighted by Gasteiger charge is -2.23. The van der Waals surface area contributed by atoms with Crippen LogP contribution in [-0.4, -0.2) is 17.1 Å². The van der Waals surface area contributed by atoms with Gasteiger partial charge in [-0.2, -0.15) is 0 Å². The fourth-order valence-corrected chi connectivity index (χ4v) is 2.45. The normalized spacial score (nSPS) is 13.8. The molecule has 1 aliphatic heterocycles. The van der Waals surface area contributed by atoms with Gasteiger partial charge in [-0.25, -0.2) is 9.86 Å². The van der Waals surface area contributed by atoms with Crippen molar-refractivity contribution in [2.75, 3.05) is 11.6 Å². The number of hydrogen-bond donors (Lipinski definition) is 0. The fraction of sp³-hybridized carbons (Fsp3) is 0.333. The first-order valence-electron chi connectivity index (χ1n) is 7.67. The summed E-state index contributed by atoms with van der Waals surface area (Å²) in [6.45, 7) is 6.01. The van der Waals surface area contributed by atoms with E-state index in [0.717, 1.165) is 16.9 Å². The molecule has 0 N–H and O–H groups in total. The van der Waals surface area contributed by atoms with Crippen molar-refractivity contribution in [3.63, 3.8) is 0 Å². The molecule has 120 valence electrons. The van der Waals surface area contributed by atoms with Crippen molar-refractivity contribution >= 4 is 11.7 Å². The number of hydrogen-bond acceptors (Lipinski definition) is 4. The van der Waals surface area contributed by atoms with Crippen molar-refractivity contribution in [3.05, 3.63) is 58.5 Å². The molecule has 0 saturated heterocycles. The summed E-state index contributed by atoms with van der Waals surface area (Å²) in [5.41, 5.74) is 1.81. The first-order chi connectivity index (χ1) is 10.9. The highest BCUT2D eigenvalue weighted by Crippen LogP contribution is 2.29. The van der Waals surface area contributed by atoms with Crippen molar-refractivity contribution < 1.29 is 9.63 Å². The standard InChI is InChI=1S/C18H20N2O3/c1-18(2,3)17(22)23-20-10-9-13-11-16(21)19(12-15(13)20)14-7-5-4-6-8-14/h4-8,11-12H,9-10H2,1-3H3. The maximum absolute atomic E-state index is 12.3. The lowest BCUT2D eigenvalue weighted by Crippen LogP contribution is -2.32. The molecular formula is C18H20N2O3. The summed E-state index contributed by atoms with van der Waals surface area (Å²) in [5.74, 6) is -0.289. The van der Waals surface area contributed by atoms with E-state index in [1.807, 2.05) is 51.1 Å². The molecule has 23 heavy (non-hydrogen) atoms. The summed E-state index contributed by atoms with van der Waals surface area (Å²) in [5, 5.41) is 1.59. The van der Waals surface area contributed by atoms with E-state index >= 15 is 0 Å². The third-order valence-electron chi connectivity index (χ3n) is 3.81. The molecule has 1 aromatic carbocycles. The molecule has 2 heterocycles. The van der Waals surface area contributed by atoms with E-state index in [1.165, 1.54) is 0 Å². The Bertz CT molecular complexity index is 788. The quantitative estimate of drug-likeness (QED) is 0.855. The number of carbonyl (C=O) groups is 1. The Balaban J connectivity index is 1.97. The van der Waals surface area contributed by atoms with E-state index < -0.39 is 5.41 Å². The molecule has 0 unspecified atom stereocenters. The van der Waals surface area contributed by atoms with Crippen LogP contribution in [0.3, 0.4) is 0 Å². The van der Waals surface area contributed by atoms with Gasteiger partial charge < -0.3 is 4.84 Å². The lowest BCUT2D eigenvalue weighted by atomic mass is 9.98. The number of benzene rings is 1. The average Bonchev–Trinajstić information content (AvgIpc) is 2.88. The van der Waals surface area contributed by atoms with Crippen LogP contribution in [0.2, 0.25) is 0 Å². The van der Waals surface area contributed by atoms with Crippen LogP contribution in [0, 0.1) is 5.41 Å². The Kier molecular flexibility index (Phi) is 3.72. The lowest BCUT2D eigenvalue weighted by molar-refractivity contribution is -0.154. The van der Waals surface area contributed by atoms with Gasteiger partial charge in [0.25, 0.3) is 5.56 Å². The van der Waals surface area contributed by atoms with Crippen molar-refractivity contribution in [1.29, 1.82) is 0 Å². The number of carbonyl (C=O) groups excluding carboxylic acids is 1. The second-order valence-corrected chi connectivity index (χ2v) is 6.71. The molecule has 0 amide bonds. The molecule has 1 aliphatic rings. The maximum atomic E-state index is 12.3. The second-order valence-electron chi connectivity index (χ2n) is 6.71. The maximum Gasteiger partial charge on any atom is 0.337 e. The van der Waals surface area contributed by atoms with E-state index in [-0.39, 0.29) is 11.5 Å². The highest BCUT2D eigenvalue weighted by atomic mass is 16.7. The van der Waals surface area contributed by atoms with Gasteiger partial charge in [-0.1, -0.05) is 18.2 Å². The van der Waals surface area contributed by atoms with Gasteiger partial charge in [0.15, 0.2) is 0 Å². The van der Waals surface area contributed by atoms with E-state index in [2.05, 4.69) is 0 Å². The second kappa shape index (κ2) is 5.57. The Morgan fingerprint density at radius 3 is 2.52 bits per heavy atom. The highest BCUT2D eigenvalue weighted by molar-refractivity contribution is 5.77. The zero-order valence-electron chi connectivity index (χ0n) is 13.6. The topological polar surface area (TPSA) is 51.5 Å². The van der Waals surface area contributed by atoms with Crippen LogP contribution in [-0.2, 0) is 16.1 Å². The van der Waals surface area contributed by atoms with Gasteiger partial charge in [-0.05, 0) is 44.9 Å². The minimum absolute atomic E-state index is 0.0843. The van der Waals surface area contributed by atoms with Crippen molar-refractivity contribution in [2.24, 2.45) is 5.41 Å². The summed E-state index contributed by atoms with van der Waals surface area (Å²) in [4.78, 5) is 29.9. The Hall–Kier alpha value is -2.56. The van der Waals surface area contributed by atoms with Gasteiger partial charge in [-0.15, -0.1) is 0 Å². The molecule has 1 aromatic heterocycles. The number of aromatic nitrogens is 1. The highest BCUT2D eigenvalue weighted by Gasteiger charge is 2.30. The molecule has 2 aromatic rings. The van der Waals surface area contributed by atoms with Crippen LogP contribution in [0.1, 0.15) is 26.3 Å². The van der Waals surface area contributed by atoms with Crippen LogP contribution >= 0.6 is 0 Å². The van der Waals surface area contributed by atoms with Crippen molar-refractivity contribution in [1.82, 2.24) is 4.57 Å². The number of hydroxylamine groups is 1. The summed E-state index contributed by atoms with van der Waals surface area (Å²) < 4.78 is 1.57. The molecule has 3 rings (SSSR count). The summed E-state index contributed by atoms with van der Waals surface area (Å²) >= 11 is 0. The van der Waals surface area contributed by atoms with Crippen molar-refractivity contribution in [2.45, 2.75) is 27.2 Å². The Morgan fingerprint density at radius 2 is 1.87 bits per heavy atom. The van der Waals surface area contributed by atoms with Gasteiger partial charge in [0.2, 0.25) is 0 Å².